The molecule has 0 heterocycles. The fourth-order valence-corrected chi connectivity index (χ4v) is 2.53. The molecule has 0 aromatic heterocycles. The first kappa shape index (κ1) is 20.9. The van der Waals surface area contributed by atoms with Crippen molar-refractivity contribution < 1.29 is 23.8 Å². The predicted octanol–water partition coefficient (Wildman–Crippen LogP) is 3.47. The zero-order valence-electron chi connectivity index (χ0n) is 15.2. The lowest BCUT2D eigenvalue weighted by molar-refractivity contribution is -0.142. The molecule has 0 unspecified atom stereocenters. The molecule has 7 heteroatoms. The largest absolute Gasteiger partial charge is 0.497 e. The maximum atomic E-state index is 11.8. The number of methoxy groups -OCH3 is 2. The van der Waals surface area contributed by atoms with Crippen LogP contribution in [0.1, 0.15) is 26.3 Å². The molecule has 25 heavy (non-hydrogen) atoms. The lowest BCUT2D eigenvalue weighted by Gasteiger charge is -2.22. The number of benzene rings is 1. The van der Waals surface area contributed by atoms with Crippen LogP contribution in [0.15, 0.2) is 29.7 Å². The second kappa shape index (κ2) is 9.98. The molecule has 0 radical (unpaired) electrons. The van der Waals surface area contributed by atoms with Crippen LogP contribution in [0.3, 0.4) is 0 Å². The first-order chi connectivity index (χ1) is 11.7. The molecule has 1 rings (SSSR count). The van der Waals surface area contributed by atoms with E-state index >= 15 is 0 Å². The van der Waals surface area contributed by atoms with Gasteiger partial charge in [0.1, 0.15) is 17.4 Å². The lowest BCUT2D eigenvalue weighted by atomic mass is 10.2. The third kappa shape index (κ3) is 8.49. The number of carbonyl (C=O) groups excluding carboxylic acids is 2. The Hall–Kier alpha value is -2.15. The number of ether oxygens (including phenoxy) is 3. The van der Waals surface area contributed by atoms with Crippen LogP contribution in [-0.4, -0.2) is 43.7 Å². The highest BCUT2D eigenvalue weighted by Gasteiger charge is 2.24. The zero-order chi connectivity index (χ0) is 18.9. The fourth-order valence-electron chi connectivity index (χ4n) is 1.75. The number of rotatable bonds is 7. The molecule has 1 amide bonds. The molecule has 0 bridgehead atoms. The van der Waals surface area contributed by atoms with Crippen LogP contribution in [0.5, 0.6) is 5.75 Å². The number of hydrogen-bond acceptors (Lipinski definition) is 6. The summed E-state index contributed by atoms with van der Waals surface area (Å²) < 4.78 is 15.0. The van der Waals surface area contributed by atoms with Crippen molar-refractivity contribution in [1.29, 1.82) is 0 Å². The van der Waals surface area contributed by atoms with Gasteiger partial charge in [-0.3, -0.25) is 0 Å². The van der Waals surface area contributed by atoms with Crippen molar-refractivity contribution in [3.05, 3.63) is 35.2 Å². The molecule has 0 saturated heterocycles. The molecule has 1 N–H and O–H groups in total. The highest BCUT2D eigenvalue weighted by atomic mass is 32.2. The van der Waals surface area contributed by atoms with Crippen molar-refractivity contribution in [3.63, 3.8) is 0 Å². The van der Waals surface area contributed by atoms with E-state index < -0.39 is 23.7 Å². The second-order valence-electron chi connectivity index (χ2n) is 6.13. The molecule has 6 nitrogen and oxygen atoms in total. The number of thioether (sulfide) groups is 1. The van der Waals surface area contributed by atoms with Crippen LogP contribution >= 0.6 is 11.8 Å². The van der Waals surface area contributed by atoms with E-state index in [1.165, 1.54) is 18.9 Å². The summed E-state index contributed by atoms with van der Waals surface area (Å²) in [6, 6.07) is 6.79. The predicted molar refractivity (Wildman–Crippen MR) is 99.7 cm³/mol. The number of nitrogens with one attached hydrogen (secondary N) is 1. The minimum absolute atomic E-state index is 0.332. The van der Waals surface area contributed by atoms with E-state index in [1.807, 2.05) is 35.7 Å². The van der Waals surface area contributed by atoms with Crippen molar-refractivity contribution in [3.8, 4) is 5.75 Å². The number of alkyl carbamates (subject to hydrolysis) is 1. The first-order valence-electron chi connectivity index (χ1n) is 7.74. The number of carbonyl (C=O) groups is 2. The molecular weight excluding hydrogens is 342 g/mol. The van der Waals surface area contributed by atoms with Gasteiger partial charge in [0.25, 0.3) is 0 Å². The highest BCUT2D eigenvalue weighted by Crippen LogP contribution is 2.15. The summed E-state index contributed by atoms with van der Waals surface area (Å²) in [6.07, 6.45) is 1.26. The molecule has 138 valence electrons. The van der Waals surface area contributed by atoms with Crippen molar-refractivity contribution in [1.82, 2.24) is 5.32 Å². The molecule has 0 aliphatic rings. The molecule has 1 aromatic carbocycles. The Kier molecular flexibility index (Phi) is 8.34. The van der Waals surface area contributed by atoms with E-state index in [9.17, 15) is 9.59 Å². The van der Waals surface area contributed by atoms with Gasteiger partial charge in [0.15, 0.2) is 0 Å². The van der Waals surface area contributed by atoms with E-state index in [2.05, 4.69) is 5.32 Å². The van der Waals surface area contributed by atoms with Crippen LogP contribution in [0.2, 0.25) is 0 Å². The highest BCUT2D eigenvalue weighted by molar-refractivity contribution is 8.02. The summed E-state index contributed by atoms with van der Waals surface area (Å²) in [5.74, 6) is 0.604. The number of hydrogen-bond donors (Lipinski definition) is 1. The van der Waals surface area contributed by atoms with Crippen molar-refractivity contribution in [2.75, 3.05) is 20.0 Å². The number of esters is 1. The molecule has 1 aromatic rings. The van der Waals surface area contributed by atoms with Crippen molar-refractivity contribution in [2.45, 2.75) is 32.4 Å². The molecule has 0 fully saturated rings. The van der Waals surface area contributed by atoms with Crippen LogP contribution in [0.25, 0.3) is 6.08 Å². The van der Waals surface area contributed by atoms with Gasteiger partial charge >= 0.3 is 12.1 Å². The van der Waals surface area contributed by atoms with E-state index in [0.29, 0.717) is 5.75 Å². The quantitative estimate of drug-likeness (QED) is 0.744. The van der Waals surface area contributed by atoms with Crippen LogP contribution in [0.4, 0.5) is 4.79 Å². The monoisotopic (exact) mass is 367 g/mol. The maximum Gasteiger partial charge on any atom is 0.408 e. The Morgan fingerprint density at radius 3 is 2.36 bits per heavy atom. The van der Waals surface area contributed by atoms with Gasteiger partial charge in [-0.2, -0.15) is 0 Å². The van der Waals surface area contributed by atoms with E-state index in [4.69, 9.17) is 14.2 Å². The molecule has 0 aliphatic carbocycles. The summed E-state index contributed by atoms with van der Waals surface area (Å²) in [5.41, 5.74) is 0.370. The van der Waals surface area contributed by atoms with Crippen molar-refractivity contribution >= 4 is 29.9 Å². The van der Waals surface area contributed by atoms with Gasteiger partial charge in [-0.1, -0.05) is 12.1 Å². The molecule has 0 aliphatic heterocycles. The first-order valence-corrected chi connectivity index (χ1v) is 8.79. The molecular formula is C18H25NO5S. The van der Waals surface area contributed by atoms with Crippen LogP contribution in [-0.2, 0) is 14.3 Å². The Morgan fingerprint density at radius 1 is 1.20 bits per heavy atom. The Labute approximate surface area is 152 Å². The van der Waals surface area contributed by atoms with Gasteiger partial charge in [0, 0.05) is 5.75 Å². The maximum absolute atomic E-state index is 11.8. The van der Waals surface area contributed by atoms with Crippen molar-refractivity contribution in [2.24, 2.45) is 0 Å². The fraction of sp³-hybridized carbons (Fsp3) is 0.444. The third-order valence-electron chi connectivity index (χ3n) is 2.91. The van der Waals surface area contributed by atoms with Gasteiger partial charge < -0.3 is 19.5 Å². The minimum atomic E-state index is -0.787. The van der Waals surface area contributed by atoms with Gasteiger partial charge in [0.05, 0.1) is 14.2 Å². The summed E-state index contributed by atoms with van der Waals surface area (Å²) >= 11 is 1.39. The lowest BCUT2D eigenvalue weighted by Crippen LogP contribution is -2.45. The van der Waals surface area contributed by atoms with Gasteiger partial charge in [0.2, 0.25) is 0 Å². The van der Waals surface area contributed by atoms with E-state index in [1.54, 1.807) is 27.9 Å². The summed E-state index contributed by atoms with van der Waals surface area (Å²) in [4.78, 5) is 23.6. The van der Waals surface area contributed by atoms with E-state index in [-0.39, 0.29) is 0 Å². The SMILES string of the molecule is COC(=O)[C@H](CS/C=C\c1ccc(OC)cc1)NC(=O)OC(C)(C)C. The Morgan fingerprint density at radius 2 is 1.84 bits per heavy atom. The van der Waals surface area contributed by atoms with Crippen LogP contribution in [0, 0.1) is 0 Å². The average Bonchev–Trinajstić information content (AvgIpc) is 2.55. The Balaban J connectivity index is 2.56. The van der Waals surface area contributed by atoms with E-state index in [0.717, 1.165) is 11.3 Å². The average molecular weight is 367 g/mol. The minimum Gasteiger partial charge on any atom is -0.497 e. The number of amides is 1. The third-order valence-corrected chi connectivity index (χ3v) is 3.77. The smallest absolute Gasteiger partial charge is 0.408 e. The topological polar surface area (TPSA) is 73.9 Å². The normalized spacial score (nSPS) is 12.5. The van der Waals surface area contributed by atoms with Gasteiger partial charge in [-0.05, 0) is 50.0 Å². The summed E-state index contributed by atoms with van der Waals surface area (Å²) in [6.45, 7) is 5.27. The molecule has 0 spiro atoms. The zero-order valence-corrected chi connectivity index (χ0v) is 16.0. The summed E-state index contributed by atoms with van der Waals surface area (Å²) in [7, 11) is 2.90. The van der Waals surface area contributed by atoms with Crippen LogP contribution < -0.4 is 10.1 Å². The Bertz CT molecular complexity index is 592. The standard InChI is InChI=1S/C18H25NO5S/c1-18(2,3)24-17(21)19-15(16(20)23-5)12-25-11-10-13-6-8-14(22-4)9-7-13/h6-11,15H,12H2,1-5H3,(H,19,21)/b11-10-/t15-/m0/s1. The molecule has 1 atom stereocenters. The summed E-state index contributed by atoms with van der Waals surface area (Å²) in [5, 5.41) is 4.39. The van der Waals surface area contributed by atoms with Gasteiger partial charge in [-0.25, -0.2) is 9.59 Å². The van der Waals surface area contributed by atoms with Gasteiger partial charge in [-0.15, -0.1) is 11.8 Å². The molecule has 0 saturated carbocycles. The second-order valence-corrected chi connectivity index (χ2v) is 7.07.